The smallest absolute Gasteiger partial charge is 0.317 e. The molecule has 3 aliphatic carbocycles. The number of methoxy groups -OCH3 is 1. The second kappa shape index (κ2) is 3.76. The van der Waals surface area contributed by atoms with Crippen molar-refractivity contribution in [1.82, 2.24) is 0 Å². The zero-order valence-corrected chi connectivity index (χ0v) is 13.2. The summed E-state index contributed by atoms with van der Waals surface area (Å²) in [5.41, 5.74) is 4.84. The molecule has 3 fully saturated rings. The molecule has 114 valence electrons. The van der Waals surface area contributed by atoms with Crippen molar-refractivity contribution >= 4 is 12.0 Å². The first-order valence-electron chi connectivity index (χ1n) is 8.18. The van der Waals surface area contributed by atoms with Crippen LogP contribution in [0.2, 0.25) is 0 Å². The van der Waals surface area contributed by atoms with E-state index in [1.165, 1.54) is 22.3 Å². The Morgan fingerprint density at radius 1 is 1.41 bits per heavy atom. The van der Waals surface area contributed by atoms with Crippen LogP contribution < -0.4 is 4.74 Å². The molecule has 1 aromatic rings. The maximum absolute atomic E-state index is 12.7. The Morgan fingerprint density at radius 3 is 2.95 bits per heavy atom. The Bertz CT molecular complexity index is 748. The minimum absolute atomic E-state index is 0.000668. The molecule has 2 saturated heterocycles. The zero-order valence-electron chi connectivity index (χ0n) is 13.2. The summed E-state index contributed by atoms with van der Waals surface area (Å²) in [7, 11) is 1.73. The number of benzene rings is 1. The van der Waals surface area contributed by atoms with E-state index in [0.717, 1.165) is 18.6 Å². The Balaban J connectivity index is 1.83. The molecule has 6 rings (SSSR count). The minimum atomic E-state index is -0.432. The van der Waals surface area contributed by atoms with Crippen LogP contribution in [0.3, 0.4) is 0 Å². The minimum Gasteiger partial charge on any atom is -0.496 e. The van der Waals surface area contributed by atoms with Gasteiger partial charge in [-0.25, -0.2) is 0 Å². The molecule has 0 N–H and O–H groups in total. The summed E-state index contributed by atoms with van der Waals surface area (Å²) in [6.07, 6.45) is 6.37. The first-order chi connectivity index (χ1) is 10.6. The average Bonchev–Trinajstić information content (AvgIpc) is 2.92. The molecule has 2 heterocycles. The SMILES string of the molecule is COc1cc2c3c(c1C)C[C@@H]1[C@@H]4CC(C)[C@@](C=C2)(C(=O)O4)[C@H]31. The predicted octanol–water partition coefficient (Wildman–Crippen LogP) is 3.24. The summed E-state index contributed by atoms with van der Waals surface area (Å²) < 4.78 is 11.4. The van der Waals surface area contributed by atoms with Gasteiger partial charge in [-0.2, -0.15) is 0 Å². The van der Waals surface area contributed by atoms with E-state index in [-0.39, 0.29) is 12.1 Å². The molecule has 0 aromatic heterocycles. The Labute approximate surface area is 130 Å². The van der Waals surface area contributed by atoms with Gasteiger partial charge in [-0.05, 0) is 54.0 Å². The summed E-state index contributed by atoms with van der Waals surface area (Å²) >= 11 is 0. The summed E-state index contributed by atoms with van der Waals surface area (Å²) in [5, 5.41) is 0. The molecule has 5 atom stereocenters. The van der Waals surface area contributed by atoms with Crippen LogP contribution in [-0.2, 0) is 16.0 Å². The van der Waals surface area contributed by atoms with Crippen LogP contribution in [0.25, 0.3) is 6.08 Å². The van der Waals surface area contributed by atoms with E-state index in [9.17, 15) is 4.79 Å². The van der Waals surface area contributed by atoms with E-state index in [1.54, 1.807) is 7.11 Å². The number of rotatable bonds is 1. The van der Waals surface area contributed by atoms with Crippen LogP contribution in [-0.4, -0.2) is 19.2 Å². The molecule has 1 spiro atoms. The molecular weight excluding hydrogens is 276 g/mol. The van der Waals surface area contributed by atoms with Crippen LogP contribution in [0.4, 0.5) is 0 Å². The highest BCUT2D eigenvalue weighted by atomic mass is 16.5. The molecule has 1 aromatic carbocycles. The molecule has 1 unspecified atom stereocenters. The maximum atomic E-state index is 12.7. The van der Waals surface area contributed by atoms with Crippen molar-refractivity contribution in [3.05, 3.63) is 34.4 Å². The number of carbonyl (C=O) groups is 1. The third kappa shape index (κ3) is 1.16. The highest BCUT2D eigenvalue weighted by Gasteiger charge is 2.66. The van der Waals surface area contributed by atoms with Crippen molar-refractivity contribution in [2.24, 2.45) is 17.3 Å². The molecule has 3 heteroatoms. The maximum Gasteiger partial charge on any atom is 0.317 e. The van der Waals surface area contributed by atoms with Gasteiger partial charge in [0.1, 0.15) is 11.9 Å². The molecule has 0 amide bonds. The van der Waals surface area contributed by atoms with Gasteiger partial charge in [0.15, 0.2) is 0 Å². The number of ether oxygens (including phenoxy) is 2. The van der Waals surface area contributed by atoms with Crippen molar-refractivity contribution in [3.63, 3.8) is 0 Å². The first-order valence-corrected chi connectivity index (χ1v) is 8.18. The van der Waals surface area contributed by atoms with E-state index < -0.39 is 5.41 Å². The summed E-state index contributed by atoms with van der Waals surface area (Å²) in [6.45, 7) is 4.36. The largest absolute Gasteiger partial charge is 0.496 e. The molecule has 2 aliphatic heterocycles. The predicted molar refractivity (Wildman–Crippen MR) is 82.8 cm³/mol. The lowest BCUT2D eigenvalue weighted by molar-refractivity contribution is -0.197. The summed E-state index contributed by atoms with van der Waals surface area (Å²) in [4.78, 5) is 12.7. The Kier molecular flexibility index (Phi) is 2.18. The molecule has 2 bridgehead atoms. The topological polar surface area (TPSA) is 35.5 Å². The first kappa shape index (κ1) is 12.7. The normalized spacial score (nSPS) is 39.7. The Hall–Kier alpha value is -1.77. The lowest BCUT2D eigenvalue weighted by Gasteiger charge is -2.56. The lowest BCUT2D eigenvalue weighted by Crippen LogP contribution is -2.59. The molecule has 22 heavy (non-hydrogen) atoms. The van der Waals surface area contributed by atoms with Crippen molar-refractivity contribution in [3.8, 4) is 5.75 Å². The van der Waals surface area contributed by atoms with Gasteiger partial charge in [-0.15, -0.1) is 0 Å². The van der Waals surface area contributed by atoms with E-state index in [1.807, 2.05) is 0 Å². The van der Waals surface area contributed by atoms with Gasteiger partial charge in [0.05, 0.1) is 12.5 Å². The average molecular weight is 296 g/mol. The third-order valence-corrected chi connectivity index (χ3v) is 6.69. The van der Waals surface area contributed by atoms with Crippen LogP contribution in [0.5, 0.6) is 5.75 Å². The Morgan fingerprint density at radius 2 is 2.23 bits per heavy atom. The number of carbonyl (C=O) groups excluding carboxylic acids is 1. The van der Waals surface area contributed by atoms with Gasteiger partial charge in [0.25, 0.3) is 0 Å². The number of hydrogen-bond acceptors (Lipinski definition) is 3. The molecule has 3 nitrogen and oxygen atoms in total. The van der Waals surface area contributed by atoms with Gasteiger partial charge < -0.3 is 9.47 Å². The number of esters is 1. The monoisotopic (exact) mass is 296 g/mol. The second-order valence-corrected chi connectivity index (χ2v) is 7.38. The molecule has 5 aliphatic rings. The fourth-order valence-corrected chi connectivity index (χ4v) is 5.63. The molecular formula is C19H20O3. The van der Waals surface area contributed by atoms with Gasteiger partial charge in [0.2, 0.25) is 0 Å². The van der Waals surface area contributed by atoms with Crippen molar-refractivity contribution < 1.29 is 14.3 Å². The van der Waals surface area contributed by atoms with Crippen molar-refractivity contribution in [1.29, 1.82) is 0 Å². The summed E-state index contributed by atoms with van der Waals surface area (Å²) in [6, 6.07) is 2.14. The van der Waals surface area contributed by atoms with Crippen LogP contribution >= 0.6 is 0 Å². The van der Waals surface area contributed by atoms with Gasteiger partial charge >= 0.3 is 5.97 Å². The van der Waals surface area contributed by atoms with Crippen molar-refractivity contribution in [2.45, 2.75) is 38.7 Å². The molecule has 1 saturated carbocycles. The highest BCUT2D eigenvalue weighted by Crippen LogP contribution is 2.66. The zero-order chi connectivity index (χ0) is 15.2. The number of fused-ring (bicyclic) bond motifs is 2. The highest BCUT2D eigenvalue weighted by molar-refractivity contribution is 5.88. The van der Waals surface area contributed by atoms with E-state index in [0.29, 0.717) is 17.8 Å². The van der Waals surface area contributed by atoms with Crippen LogP contribution in [0.15, 0.2) is 12.1 Å². The standard InChI is InChI=1S/C19H20O3/c1-9-6-15-13-8-12-10(2)14(21-3)7-11-4-5-19(9,18(20)22-15)17(13)16(11)12/h4-5,7,9,13,15,17H,6,8H2,1-3H3/t9?,13-,15+,17+,19-/m1/s1. The van der Waals surface area contributed by atoms with Crippen LogP contribution in [0, 0.1) is 24.2 Å². The fourth-order valence-electron chi connectivity index (χ4n) is 5.63. The summed E-state index contributed by atoms with van der Waals surface area (Å²) in [5.74, 6) is 2.07. The van der Waals surface area contributed by atoms with E-state index in [4.69, 9.17) is 9.47 Å². The number of hydrogen-bond donors (Lipinski definition) is 0. The molecule has 0 radical (unpaired) electrons. The fraction of sp³-hybridized carbons (Fsp3) is 0.526. The third-order valence-electron chi connectivity index (χ3n) is 6.69. The quantitative estimate of drug-likeness (QED) is 0.746. The van der Waals surface area contributed by atoms with Gasteiger partial charge in [0, 0.05) is 11.8 Å². The van der Waals surface area contributed by atoms with Gasteiger partial charge in [-0.3, -0.25) is 4.79 Å². The van der Waals surface area contributed by atoms with Crippen LogP contribution in [0.1, 0.15) is 41.5 Å². The van der Waals surface area contributed by atoms with E-state index >= 15 is 0 Å². The van der Waals surface area contributed by atoms with E-state index in [2.05, 4.69) is 32.1 Å². The second-order valence-electron chi connectivity index (χ2n) is 7.38. The van der Waals surface area contributed by atoms with Crippen molar-refractivity contribution in [2.75, 3.05) is 7.11 Å². The lowest BCUT2D eigenvalue weighted by atomic mass is 9.52. The van der Waals surface area contributed by atoms with Gasteiger partial charge in [-0.1, -0.05) is 19.1 Å².